The van der Waals surface area contributed by atoms with Crippen molar-refractivity contribution in [2.75, 3.05) is 12.0 Å². The molecule has 4 nitrogen and oxygen atoms in total. The van der Waals surface area contributed by atoms with Gasteiger partial charge in [0, 0.05) is 23.7 Å². The van der Waals surface area contributed by atoms with Gasteiger partial charge in [0.25, 0.3) is 0 Å². The number of halogens is 1. The molecule has 3 rings (SSSR count). The van der Waals surface area contributed by atoms with Crippen molar-refractivity contribution < 1.29 is 9.53 Å². The molecule has 1 aromatic carbocycles. The lowest BCUT2D eigenvalue weighted by molar-refractivity contribution is -0.122. The maximum absolute atomic E-state index is 13.1. The largest absolute Gasteiger partial charge is 0.497 e. The van der Waals surface area contributed by atoms with Crippen LogP contribution in [0.1, 0.15) is 39.0 Å². The molecule has 3 atom stereocenters. The molecule has 5 heteroatoms. The van der Waals surface area contributed by atoms with Gasteiger partial charge in [0.2, 0.25) is 5.91 Å². The van der Waals surface area contributed by atoms with E-state index in [1.165, 1.54) is 12.8 Å². The molecule has 23 heavy (non-hydrogen) atoms. The smallest absolute Gasteiger partial charge is 0.230 e. The van der Waals surface area contributed by atoms with E-state index in [-0.39, 0.29) is 36.3 Å². The van der Waals surface area contributed by atoms with Crippen LogP contribution in [0.5, 0.6) is 5.75 Å². The summed E-state index contributed by atoms with van der Waals surface area (Å²) >= 11 is 0. The van der Waals surface area contributed by atoms with Crippen molar-refractivity contribution in [3.63, 3.8) is 0 Å². The van der Waals surface area contributed by atoms with Gasteiger partial charge in [-0.25, -0.2) is 0 Å². The van der Waals surface area contributed by atoms with E-state index in [1.54, 1.807) is 7.11 Å². The van der Waals surface area contributed by atoms with Crippen molar-refractivity contribution in [3.05, 3.63) is 24.3 Å². The number of hydrogen-bond donors (Lipinski definition) is 1. The van der Waals surface area contributed by atoms with E-state index in [0.717, 1.165) is 30.7 Å². The molecule has 0 heterocycles. The van der Waals surface area contributed by atoms with Crippen molar-refractivity contribution in [2.45, 2.75) is 51.1 Å². The van der Waals surface area contributed by atoms with Crippen LogP contribution in [-0.2, 0) is 4.79 Å². The number of carbonyl (C=O) groups is 1. The Balaban J connectivity index is 0.00000192. The van der Waals surface area contributed by atoms with Crippen LogP contribution in [0, 0.1) is 11.8 Å². The molecule has 0 aliphatic heterocycles. The zero-order valence-corrected chi connectivity index (χ0v) is 14.7. The highest BCUT2D eigenvalue weighted by atomic mass is 35.5. The third kappa shape index (κ3) is 3.99. The first-order chi connectivity index (χ1) is 10.6. The van der Waals surface area contributed by atoms with Crippen molar-refractivity contribution in [1.82, 2.24) is 0 Å². The molecule has 2 aliphatic carbocycles. The van der Waals surface area contributed by atoms with E-state index in [4.69, 9.17) is 10.5 Å². The van der Waals surface area contributed by atoms with Gasteiger partial charge in [-0.3, -0.25) is 4.79 Å². The van der Waals surface area contributed by atoms with Crippen LogP contribution in [0.4, 0.5) is 5.69 Å². The van der Waals surface area contributed by atoms with E-state index < -0.39 is 0 Å². The van der Waals surface area contributed by atoms with Crippen molar-refractivity contribution in [3.8, 4) is 5.75 Å². The van der Waals surface area contributed by atoms with Crippen molar-refractivity contribution in [1.29, 1.82) is 0 Å². The molecule has 0 spiro atoms. The molecule has 0 saturated heterocycles. The quantitative estimate of drug-likeness (QED) is 0.895. The number of anilines is 1. The Bertz CT molecular complexity index is 530. The summed E-state index contributed by atoms with van der Waals surface area (Å²) < 4.78 is 5.22. The second-order valence-electron chi connectivity index (χ2n) is 6.75. The Morgan fingerprint density at radius 3 is 2.35 bits per heavy atom. The molecule has 1 aromatic rings. The van der Waals surface area contributed by atoms with Crippen LogP contribution >= 0.6 is 12.4 Å². The van der Waals surface area contributed by atoms with Crippen LogP contribution in [0.3, 0.4) is 0 Å². The molecule has 1 amide bonds. The fraction of sp³-hybridized carbons (Fsp3) is 0.611. The summed E-state index contributed by atoms with van der Waals surface area (Å²) in [6, 6.07) is 8.28. The molecule has 2 fully saturated rings. The lowest BCUT2D eigenvalue weighted by Crippen LogP contribution is -2.43. The maximum atomic E-state index is 13.1. The number of ether oxygens (including phenoxy) is 1. The van der Waals surface area contributed by atoms with Gasteiger partial charge in [-0.2, -0.15) is 0 Å². The van der Waals surface area contributed by atoms with E-state index in [1.807, 2.05) is 29.2 Å². The Labute approximate surface area is 144 Å². The maximum Gasteiger partial charge on any atom is 0.230 e. The molecule has 2 aliphatic rings. The summed E-state index contributed by atoms with van der Waals surface area (Å²) in [6.45, 7) is 2.18. The minimum absolute atomic E-state index is 0. The molecule has 3 unspecified atom stereocenters. The van der Waals surface area contributed by atoms with Gasteiger partial charge in [-0.05, 0) is 69.2 Å². The fourth-order valence-electron chi connectivity index (χ4n) is 3.53. The SMILES string of the molecule is COc1ccc(N(C(=O)C2CCC(N)C2)C(C)C2CC2)cc1.Cl. The number of nitrogens with zero attached hydrogens (tertiary/aromatic N) is 1. The van der Waals surface area contributed by atoms with Gasteiger partial charge in [0.1, 0.15) is 5.75 Å². The second kappa shape index (κ2) is 7.54. The topological polar surface area (TPSA) is 55.6 Å². The van der Waals surface area contributed by atoms with Crippen LogP contribution in [-0.4, -0.2) is 25.1 Å². The Hall–Kier alpha value is -1.26. The predicted octanol–water partition coefficient (Wildman–Crippen LogP) is 3.38. The fourth-order valence-corrected chi connectivity index (χ4v) is 3.53. The van der Waals surface area contributed by atoms with Crippen LogP contribution in [0.25, 0.3) is 0 Å². The average Bonchev–Trinajstić information content (AvgIpc) is 3.29. The first kappa shape index (κ1) is 18.1. The van der Waals surface area contributed by atoms with Crippen LogP contribution in [0.2, 0.25) is 0 Å². The van der Waals surface area contributed by atoms with Gasteiger partial charge in [0.15, 0.2) is 0 Å². The van der Waals surface area contributed by atoms with Crippen molar-refractivity contribution >= 4 is 24.0 Å². The summed E-state index contributed by atoms with van der Waals surface area (Å²) in [7, 11) is 1.66. The normalized spacial score (nSPS) is 24.7. The summed E-state index contributed by atoms with van der Waals surface area (Å²) in [5.74, 6) is 1.79. The summed E-state index contributed by atoms with van der Waals surface area (Å²) in [5, 5.41) is 0. The zero-order chi connectivity index (χ0) is 15.7. The first-order valence-electron chi connectivity index (χ1n) is 8.33. The minimum Gasteiger partial charge on any atom is -0.497 e. The number of rotatable bonds is 5. The van der Waals surface area contributed by atoms with Crippen molar-refractivity contribution in [2.24, 2.45) is 17.6 Å². The second-order valence-corrected chi connectivity index (χ2v) is 6.75. The molecule has 0 aromatic heterocycles. The highest BCUT2D eigenvalue weighted by molar-refractivity contribution is 5.96. The highest BCUT2D eigenvalue weighted by Crippen LogP contribution is 2.39. The average molecular weight is 339 g/mol. The Morgan fingerprint density at radius 1 is 1.22 bits per heavy atom. The van der Waals surface area contributed by atoms with E-state index in [2.05, 4.69) is 6.92 Å². The van der Waals surface area contributed by atoms with Gasteiger partial charge >= 0.3 is 0 Å². The van der Waals surface area contributed by atoms with Crippen LogP contribution in [0.15, 0.2) is 24.3 Å². The molecule has 128 valence electrons. The van der Waals surface area contributed by atoms with E-state index in [0.29, 0.717) is 5.92 Å². The summed E-state index contributed by atoms with van der Waals surface area (Å²) in [6.07, 6.45) is 5.16. The molecule has 0 bridgehead atoms. The van der Waals surface area contributed by atoms with Gasteiger partial charge in [-0.15, -0.1) is 12.4 Å². The lowest BCUT2D eigenvalue weighted by Gasteiger charge is -2.32. The Kier molecular flexibility index (Phi) is 5.93. The minimum atomic E-state index is 0. The Morgan fingerprint density at radius 2 is 1.87 bits per heavy atom. The third-order valence-electron chi connectivity index (χ3n) is 5.12. The molecule has 0 radical (unpaired) electrons. The number of benzene rings is 1. The van der Waals surface area contributed by atoms with Crippen LogP contribution < -0.4 is 15.4 Å². The van der Waals surface area contributed by atoms with Gasteiger partial charge in [-0.1, -0.05) is 0 Å². The lowest BCUT2D eigenvalue weighted by atomic mass is 10.0. The number of hydrogen-bond acceptors (Lipinski definition) is 3. The first-order valence-corrected chi connectivity index (χ1v) is 8.33. The standard InChI is InChI=1S/C18H26N2O2.ClH/c1-12(13-3-4-13)20(16-7-9-17(22-2)10-8-16)18(21)14-5-6-15(19)11-14;/h7-10,12-15H,3-6,11,19H2,1-2H3;1H. The number of methoxy groups -OCH3 is 1. The van der Waals surface area contributed by atoms with Gasteiger partial charge in [0.05, 0.1) is 7.11 Å². The molecule has 2 saturated carbocycles. The monoisotopic (exact) mass is 338 g/mol. The van der Waals surface area contributed by atoms with E-state index in [9.17, 15) is 4.79 Å². The number of carbonyl (C=O) groups excluding carboxylic acids is 1. The number of nitrogens with two attached hydrogens (primary N) is 1. The molecular formula is C18H27ClN2O2. The summed E-state index contributed by atoms with van der Waals surface area (Å²) in [5.41, 5.74) is 6.98. The number of amides is 1. The molecular weight excluding hydrogens is 312 g/mol. The highest BCUT2D eigenvalue weighted by Gasteiger charge is 2.39. The third-order valence-corrected chi connectivity index (χ3v) is 5.12. The molecule has 2 N–H and O–H groups in total. The predicted molar refractivity (Wildman–Crippen MR) is 95.2 cm³/mol. The van der Waals surface area contributed by atoms with Gasteiger partial charge < -0.3 is 15.4 Å². The summed E-state index contributed by atoms with van der Waals surface area (Å²) in [4.78, 5) is 15.1. The van der Waals surface area contributed by atoms with E-state index >= 15 is 0 Å². The zero-order valence-electron chi connectivity index (χ0n) is 13.9.